The molecule has 37 heavy (non-hydrogen) atoms. The number of hydrogen-bond donors (Lipinski definition) is 4. The van der Waals surface area contributed by atoms with E-state index in [2.05, 4.69) is 5.09 Å². The van der Waals surface area contributed by atoms with Crippen LogP contribution in [0.3, 0.4) is 0 Å². The van der Waals surface area contributed by atoms with Crippen molar-refractivity contribution in [3.05, 3.63) is 68.5 Å². The Morgan fingerprint density at radius 1 is 1.30 bits per heavy atom. The van der Waals surface area contributed by atoms with Gasteiger partial charge in [0, 0.05) is 12.3 Å². The molecule has 1 aliphatic heterocycles. The first-order chi connectivity index (χ1) is 17.4. The number of aromatic nitrogens is 2. The second kappa shape index (κ2) is 11.8. The fourth-order valence-corrected chi connectivity index (χ4v) is 5.21. The highest BCUT2D eigenvalue weighted by Crippen LogP contribution is 2.47. The maximum absolute atomic E-state index is 13.6. The van der Waals surface area contributed by atoms with E-state index >= 15 is 0 Å². The standard InChI is InChI=1S/C23H32N3O10P/c1-5-33-20(29)15(3)25-37(32,34-12-16-9-7-6-8-14(16)2)35-13-17-19(28)23(4,31)21(36-17)26-11-10-18(27)24-22(26)30/h6-11,15,17,19,21,28,31H,5,12-13H2,1-4H3,(H,25,32)(H,24,27,30)/t15-,17+,19+,21+,23+,37?/m0/s1. The molecule has 4 N–H and O–H groups in total. The molecule has 3 rings (SSSR count). The smallest absolute Gasteiger partial charge is 0.406 e. The number of ether oxygens (including phenoxy) is 2. The molecule has 1 saturated heterocycles. The highest BCUT2D eigenvalue weighted by Gasteiger charge is 2.54. The molecule has 1 aromatic carbocycles. The van der Waals surface area contributed by atoms with E-state index in [1.165, 1.54) is 13.8 Å². The molecule has 0 spiro atoms. The summed E-state index contributed by atoms with van der Waals surface area (Å²) in [5, 5.41) is 24.1. The van der Waals surface area contributed by atoms with Crippen LogP contribution < -0.4 is 16.3 Å². The number of rotatable bonds is 11. The van der Waals surface area contributed by atoms with Crippen molar-refractivity contribution in [3.63, 3.8) is 0 Å². The summed E-state index contributed by atoms with van der Waals surface area (Å²) in [6.45, 7) is 5.60. The van der Waals surface area contributed by atoms with E-state index in [4.69, 9.17) is 18.5 Å². The number of aliphatic hydroxyl groups is 2. The van der Waals surface area contributed by atoms with Crippen molar-refractivity contribution < 1.29 is 38.1 Å². The maximum atomic E-state index is 13.6. The van der Waals surface area contributed by atoms with Crippen molar-refractivity contribution in [3.8, 4) is 0 Å². The quantitative estimate of drug-likeness (QED) is 0.233. The predicted octanol–water partition coefficient (Wildman–Crippen LogP) is 0.737. The van der Waals surface area contributed by atoms with Gasteiger partial charge in [-0.15, -0.1) is 0 Å². The van der Waals surface area contributed by atoms with Crippen LogP contribution in [0.2, 0.25) is 0 Å². The van der Waals surface area contributed by atoms with Gasteiger partial charge in [0.15, 0.2) is 6.23 Å². The van der Waals surface area contributed by atoms with Crippen LogP contribution >= 0.6 is 7.75 Å². The van der Waals surface area contributed by atoms with Crippen molar-refractivity contribution in [1.82, 2.24) is 14.6 Å². The lowest BCUT2D eigenvalue weighted by molar-refractivity contribution is -0.144. The minimum atomic E-state index is -4.21. The number of carbonyl (C=O) groups is 1. The van der Waals surface area contributed by atoms with Crippen molar-refractivity contribution in [2.75, 3.05) is 13.2 Å². The average molecular weight is 541 g/mol. The molecule has 13 nitrogen and oxygen atoms in total. The van der Waals surface area contributed by atoms with Gasteiger partial charge in [-0.25, -0.2) is 14.4 Å². The Morgan fingerprint density at radius 3 is 2.65 bits per heavy atom. The van der Waals surface area contributed by atoms with Crippen LogP contribution in [0.4, 0.5) is 0 Å². The van der Waals surface area contributed by atoms with Gasteiger partial charge >= 0.3 is 19.4 Å². The lowest BCUT2D eigenvalue weighted by Gasteiger charge is -2.27. The van der Waals surface area contributed by atoms with Crippen LogP contribution in [-0.2, 0) is 34.5 Å². The molecular formula is C23H32N3O10P. The zero-order chi connectivity index (χ0) is 27.4. The molecule has 0 bridgehead atoms. The third-order valence-corrected chi connectivity index (χ3v) is 7.57. The van der Waals surface area contributed by atoms with E-state index in [0.29, 0.717) is 0 Å². The lowest BCUT2D eigenvalue weighted by Crippen LogP contribution is -2.47. The fourth-order valence-electron chi connectivity index (χ4n) is 3.76. The van der Waals surface area contributed by atoms with E-state index in [9.17, 15) is 29.2 Å². The second-order valence-corrected chi connectivity index (χ2v) is 10.6. The van der Waals surface area contributed by atoms with Crippen LogP contribution in [0.25, 0.3) is 0 Å². The fraction of sp³-hybridized carbons (Fsp3) is 0.522. The molecule has 0 aliphatic carbocycles. The summed E-state index contributed by atoms with van der Waals surface area (Å²) >= 11 is 0. The minimum absolute atomic E-state index is 0.114. The van der Waals surface area contributed by atoms with Gasteiger partial charge in [-0.05, 0) is 38.8 Å². The Bertz CT molecular complexity index is 1260. The molecule has 2 aromatic rings. The van der Waals surface area contributed by atoms with Gasteiger partial charge in [0.25, 0.3) is 5.56 Å². The lowest BCUT2D eigenvalue weighted by atomic mass is 9.96. The number of benzene rings is 1. The molecular weight excluding hydrogens is 509 g/mol. The number of aliphatic hydroxyl groups excluding tert-OH is 1. The Hall–Kier alpha value is -2.64. The van der Waals surface area contributed by atoms with Crippen LogP contribution in [0, 0.1) is 6.92 Å². The number of nitrogens with one attached hydrogen (secondary N) is 2. The minimum Gasteiger partial charge on any atom is -0.465 e. The summed E-state index contributed by atoms with van der Waals surface area (Å²) in [4.78, 5) is 37.8. The van der Waals surface area contributed by atoms with Gasteiger partial charge in [-0.2, -0.15) is 0 Å². The zero-order valence-electron chi connectivity index (χ0n) is 20.9. The Labute approximate surface area is 212 Å². The van der Waals surface area contributed by atoms with Crippen LogP contribution in [0.15, 0.2) is 46.1 Å². The molecule has 1 fully saturated rings. The van der Waals surface area contributed by atoms with Crippen LogP contribution in [-0.4, -0.2) is 62.8 Å². The zero-order valence-corrected chi connectivity index (χ0v) is 21.8. The van der Waals surface area contributed by atoms with Crippen molar-refractivity contribution in [2.45, 2.75) is 64.4 Å². The average Bonchev–Trinajstić information content (AvgIpc) is 3.06. The van der Waals surface area contributed by atoms with Crippen molar-refractivity contribution >= 4 is 13.7 Å². The summed E-state index contributed by atoms with van der Waals surface area (Å²) in [6.07, 6.45) is -3.11. The highest BCUT2D eigenvalue weighted by atomic mass is 31.2. The highest BCUT2D eigenvalue weighted by molar-refractivity contribution is 7.51. The number of H-pyrrole nitrogens is 1. The molecule has 0 saturated carbocycles. The van der Waals surface area contributed by atoms with Gasteiger partial charge < -0.3 is 19.7 Å². The van der Waals surface area contributed by atoms with E-state index < -0.39 is 61.7 Å². The van der Waals surface area contributed by atoms with Crippen LogP contribution in [0.1, 0.15) is 38.1 Å². The third-order valence-electron chi connectivity index (χ3n) is 5.91. The number of nitrogens with zero attached hydrogens (tertiary/aromatic N) is 1. The topological polar surface area (TPSA) is 178 Å². The molecule has 1 unspecified atom stereocenters. The molecule has 1 aliphatic rings. The normalized spacial score (nSPS) is 25.9. The summed E-state index contributed by atoms with van der Waals surface area (Å²) in [5.41, 5.74) is -1.87. The molecule has 1 aromatic heterocycles. The number of hydrogen-bond acceptors (Lipinski definition) is 10. The van der Waals surface area contributed by atoms with Gasteiger partial charge in [-0.1, -0.05) is 24.3 Å². The molecule has 2 heterocycles. The first kappa shape index (κ1) is 28.9. The van der Waals surface area contributed by atoms with Gasteiger partial charge in [0.1, 0.15) is 23.9 Å². The summed E-state index contributed by atoms with van der Waals surface area (Å²) in [6, 6.07) is 7.25. The van der Waals surface area contributed by atoms with Gasteiger partial charge in [0.2, 0.25) is 0 Å². The molecule has 6 atom stereocenters. The maximum Gasteiger partial charge on any atom is 0.406 e. The monoisotopic (exact) mass is 541 g/mol. The molecule has 0 amide bonds. The Balaban J connectivity index is 1.79. The Morgan fingerprint density at radius 2 is 2.00 bits per heavy atom. The summed E-state index contributed by atoms with van der Waals surface area (Å²) in [7, 11) is -4.21. The predicted molar refractivity (Wildman–Crippen MR) is 131 cm³/mol. The third kappa shape index (κ3) is 6.82. The first-order valence-corrected chi connectivity index (χ1v) is 13.2. The number of aromatic amines is 1. The molecule has 204 valence electrons. The second-order valence-electron chi connectivity index (χ2n) is 8.81. The van der Waals surface area contributed by atoms with E-state index in [0.717, 1.165) is 28.0 Å². The summed E-state index contributed by atoms with van der Waals surface area (Å²) in [5.74, 6) is -0.677. The van der Waals surface area contributed by atoms with Crippen molar-refractivity contribution in [1.29, 1.82) is 0 Å². The van der Waals surface area contributed by atoms with Gasteiger partial charge in [0.05, 0.1) is 19.8 Å². The SMILES string of the molecule is CCOC(=O)[C@H](C)NP(=O)(OCc1ccccc1C)OC[C@H]1O[C@@H](n2ccc(=O)[nH]c2=O)[C@](C)(O)[C@@H]1O. The molecule has 14 heteroatoms. The van der Waals surface area contributed by atoms with E-state index in [1.807, 2.05) is 24.0 Å². The number of aryl methyl sites for hydroxylation is 1. The van der Waals surface area contributed by atoms with Crippen molar-refractivity contribution in [2.24, 2.45) is 0 Å². The number of carbonyl (C=O) groups excluding carboxylic acids is 1. The van der Waals surface area contributed by atoms with Crippen LogP contribution in [0.5, 0.6) is 0 Å². The molecule has 0 radical (unpaired) electrons. The number of esters is 1. The first-order valence-electron chi connectivity index (χ1n) is 11.6. The Kier molecular flexibility index (Phi) is 9.24. The van der Waals surface area contributed by atoms with Gasteiger partial charge in [-0.3, -0.25) is 28.2 Å². The largest absolute Gasteiger partial charge is 0.465 e. The van der Waals surface area contributed by atoms with E-state index in [1.54, 1.807) is 19.1 Å². The summed E-state index contributed by atoms with van der Waals surface area (Å²) < 4.78 is 36.3. The van der Waals surface area contributed by atoms with E-state index in [-0.39, 0.29) is 13.2 Å².